The number of hydrogen-bond donors (Lipinski definition) is 4. The number of carboxylic acids is 4. The van der Waals surface area contributed by atoms with Crippen molar-refractivity contribution in [1.82, 2.24) is 68.0 Å². The van der Waals surface area contributed by atoms with Gasteiger partial charge in [0, 0.05) is 102 Å². The minimum Gasteiger partial charge on any atom is -0.478 e. The summed E-state index contributed by atoms with van der Waals surface area (Å²) in [5, 5.41) is 55.3. The van der Waals surface area contributed by atoms with Crippen LogP contribution in [-0.4, -0.2) is 165 Å². The van der Waals surface area contributed by atoms with Gasteiger partial charge in [0.1, 0.15) is 27.6 Å². The predicted octanol–water partition coefficient (Wildman–Crippen LogP) is 16.4. The fraction of sp³-hybridized carbons (Fsp3) is 0.196. The van der Waals surface area contributed by atoms with Crippen molar-refractivity contribution in [2.24, 2.45) is 28.2 Å². The molecule has 0 spiro atoms. The molecule has 0 aliphatic carbocycles. The molecule has 4 N–H and O–H groups in total. The van der Waals surface area contributed by atoms with Gasteiger partial charge in [-0.2, -0.15) is 30.0 Å². The molecule has 0 atom stereocenters. The number of rotatable bonds is 16. The molecule has 2 saturated heterocycles. The Morgan fingerprint density at radius 1 is 0.336 bits per heavy atom. The van der Waals surface area contributed by atoms with Crippen molar-refractivity contribution in [3.05, 3.63) is 287 Å². The SMILES string of the molecule is Cc1ccc(C)n1-c1ccc(-c2cc(C(=O)O)c3ncn(C)c3c2)cc1.Cc1ccc(C)n1-c1ccc(-c2cc(C(=O)O)c3nn(C)nc3c2)cc1.Cn1cnc2cc(-c3ccc(-c4cccc(CN5CCOCC5)c4)cc3)cc(C(=O)O)c21.Cn1nc2cc(-c3ccc(-c4cccc(CN5CCOCC5)c4)cc3)cc(C(=O)O)c2n1. The van der Waals surface area contributed by atoms with Gasteiger partial charge in [-0.15, -0.1) is 0 Å². The third-order valence-electron chi connectivity index (χ3n) is 21.2. The zero-order chi connectivity index (χ0) is 81.0. The highest BCUT2D eigenvalue weighted by atomic mass is 16.5. The van der Waals surface area contributed by atoms with Gasteiger partial charge in [-0.05, 0) is 215 Å². The minimum absolute atomic E-state index is 0.158. The first-order chi connectivity index (χ1) is 56.0. The maximum absolute atomic E-state index is 11.8. The van der Waals surface area contributed by atoms with E-state index in [0.29, 0.717) is 38.6 Å². The van der Waals surface area contributed by atoms with Gasteiger partial charge in [0.05, 0.1) is 77.9 Å². The summed E-state index contributed by atoms with van der Waals surface area (Å²) < 4.78 is 18.8. The van der Waals surface area contributed by atoms with Gasteiger partial charge in [-0.3, -0.25) is 9.80 Å². The van der Waals surface area contributed by atoms with E-state index in [1.807, 2.05) is 104 Å². The number of fused-ring (bicyclic) bond motifs is 4. The summed E-state index contributed by atoms with van der Waals surface area (Å²) in [6, 6.07) is 72.7. The Bertz CT molecular complexity index is 6180. The highest BCUT2D eigenvalue weighted by Gasteiger charge is 2.22. The highest BCUT2D eigenvalue weighted by molar-refractivity contribution is 6.06. The van der Waals surface area contributed by atoms with Gasteiger partial charge in [-0.1, -0.05) is 109 Å². The first-order valence-corrected chi connectivity index (χ1v) is 38.1. The number of morpholine rings is 2. The van der Waals surface area contributed by atoms with E-state index in [-0.39, 0.29) is 22.3 Å². The van der Waals surface area contributed by atoms with Crippen LogP contribution in [0, 0.1) is 27.7 Å². The van der Waals surface area contributed by atoms with Crippen LogP contribution >= 0.6 is 0 Å². The van der Waals surface area contributed by atoms with Crippen LogP contribution in [0.1, 0.15) is 75.3 Å². The summed E-state index contributed by atoms with van der Waals surface area (Å²) in [6.07, 6.45) is 3.29. The molecule has 18 rings (SSSR count). The average molecular weight is 1550 g/mol. The van der Waals surface area contributed by atoms with Crippen LogP contribution in [0.15, 0.2) is 231 Å². The molecule has 0 unspecified atom stereocenters. The van der Waals surface area contributed by atoms with Gasteiger partial charge >= 0.3 is 23.9 Å². The molecule has 116 heavy (non-hydrogen) atoms. The van der Waals surface area contributed by atoms with Crippen LogP contribution in [0.3, 0.4) is 0 Å². The molecule has 10 aromatic carbocycles. The number of hydrogen-bond acceptors (Lipinski definition) is 14. The van der Waals surface area contributed by atoms with Gasteiger partial charge < -0.3 is 48.2 Å². The molecule has 0 radical (unpaired) electrons. The van der Waals surface area contributed by atoms with Crippen LogP contribution in [0.2, 0.25) is 0 Å². The van der Waals surface area contributed by atoms with Crippen molar-refractivity contribution >= 4 is 68.0 Å². The number of ether oxygens (including phenoxy) is 2. The van der Waals surface area contributed by atoms with E-state index < -0.39 is 23.9 Å². The lowest BCUT2D eigenvalue weighted by Gasteiger charge is -2.26. The first kappa shape index (κ1) is 77.5. The maximum atomic E-state index is 11.8. The van der Waals surface area contributed by atoms with E-state index in [1.165, 1.54) is 49.1 Å². The number of benzene rings is 10. The van der Waals surface area contributed by atoms with Gasteiger partial charge in [0.2, 0.25) is 0 Å². The van der Waals surface area contributed by atoms with E-state index >= 15 is 0 Å². The molecule has 2 aliphatic heterocycles. The summed E-state index contributed by atoms with van der Waals surface area (Å²) in [5.74, 6) is -3.93. The van der Waals surface area contributed by atoms with Crippen LogP contribution in [-0.2, 0) is 50.8 Å². The summed E-state index contributed by atoms with van der Waals surface area (Å²) in [6.45, 7) is 17.2. The van der Waals surface area contributed by atoms with E-state index in [0.717, 1.165) is 144 Å². The van der Waals surface area contributed by atoms with Gasteiger partial charge in [0.25, 0.3) is 0 Å². The van der Waals surface area contributed by atoms with Crippen molar-refractivity contribution in [3.63, 3.8) is 0 Å². The van der Waals surface area contributed by atoms with Crippen LogP contribution in [0.4, 0.5) is 0 Å². The lowest BCUT2D eigenvalue weighted by molar-refractivity contribution is 0.0341. The first-order valence-electron chi connectivity index (χ1n) is 38.1. The van der Waals surface area contributed by atoms with Crippen LogP contribution in [0.5, 0.6) is 0 Å². The van der Waals surface area contributed by atoms with E-state index in [9.17, 15) is 39.6 Å². The zero-order valence-electron chi connectivity index (χ0n) is 65.5. The maximum Gasteiger partial charge on any atom is 0.338 e. The lowest BCUT2D eigenvalue weighted by atomic mass is 9.97. The molecular formula is C92H86N14O10. The normalized spacial score (nSPS) is 13.1. The molecular weight excluding hydrogens is 1460 g/mol. The second kappa shape index (κ2) is 33.5. The standard InChI is InChI=1S/C26H25N3O3.C25H24N4O3.C21H19N3O2.C20H18N4O2/c1-28-17-27-24-15-22(14-23(25(24)28)26(30)31)20-7-5-19(6-8-20)21-4-2-3-18(13-21)16-29-9-11-32-12-10-29;1-28-26-23-15-21(14-22(25(30)31)24(23)27-28)19-7-5-18(6-8-19)20-4-2-3-17(13-20)16-29-9-11-32-12-10-29;1-13-4-5-14(2)24(13)17-8-6-15(7-9-17)16-10-18(21(25)26)20-19(11-16)23(3)12-22-20;1-12-4-5-13(2)24(12)16-8-6-14(7-9-16)15-10-17(20(25)26)19-18(11-15)21-23(3)22-19/h2-8,13-15,17H,9-12,16H2,1H3,(H,30,31);2-8,13-15H,9-12,16H2,1H3,(H,30,31);4-12H,1-3H3,(H,25,26);4-11H,1-3H3,(H,25,26). The summed E-state index contributed by atoms with van der Waals surface area (Å²) in [5.41, 5.74) is 26.6. The summed E-state index contributed by atoms with van der Waals surface area (Å²) in [7, 11) is 7.05. The Hall–Kier alpha value is -13.8. The summed E-state index contributed by atoms with van der Waals surface area (Å²) in [4.78, 5) is 63.0. The molecule has 16 aromatic rings. The monoisotopic (exact) mass is 1550 g/mol. The van der Waals surface area contributed by atoms with Crippen molar-refractivity contribution in [2.45, 2.75) is 40.8 Å². The second-order valence-electron chi connectivity index (χ2n) is 29.2. The molecule has 24 nitrogen and oxygen atoms in total. The summed E-state index contributed by atoms with van der Waals surface area (Å²) >= 11 is 0. The van der Waals surface area contributed by atoms with Crippen molar-refractivity contribution in [2.75, 3.05) is 52.6 Å². The lowest BCUT2D eigenvalue weighted by Crippen LogP contribution is -2.35. The number of aryl methyl sites for hydroxylation is 8. The molecule has 584 valence electrons. The molecule has 0 amide bonds. The number of carboxylic acid groups (broad SMARTS) is 4. The van der Waals surface area contributed by atoms with Crippen LogP contribution < -0.4 is 0 Å². The Morgan fingerprint density at radius 3 is 1.06 bits per heavy atom. The quantitative estimate of drug-likeness (QED) is 0.0699. The minimum atomic E-state index is -1.01. The third kappa shape index (κ3) is 16.8. The number of carbonyl (C=O) groups is 4. The largest absolute Gasteiger partial charge is 0.478 e. The number of aromatic nitrogens is 12. The Kier molecular flexibility index (Phi) is 22.4. The zero-order valence-corrected chi connectivity index (χ0v) is 65.5. The topological polar surface area (TPSA) is 281 Å². The number of aromatic carboxylic acids is 4. The Morgan fingerprint density at radius 2 is 0.672 bits per heavy atom. The Balaban J connectivity index is 0.000000122. The molecule has 6 aromatic heterocycles. The average Bonchev–Trinajstić information content (AvgIpc) is 1.62. The van der Waals surface area contributed by atoms with Crippen molar-refractivity contribution < 1.29 is 49.1 Å². The number of nitrogens with zero attached hydrogens (tertiary/aromatic N) is 14. The van der Waals surface area contributed by atoms with Crippen molar-refractivity contribution in [1.29, 1.82) is 0 Å². The fourth-order valence-corrected chi connectivity index (χ4v) is 15.3. The van der Waals surface area contributed by atoms with Crippen molar-refractivity contribution in [3.8, 4) is 78.1 Å². The smallest absolute Gasteiger partial charge is 0.338 e. The molecule has 0 bridgehead atoms. The molecule has 24 heteroatoms. The van der Waals surface area contributed by atoms with E-state index in [4.69, 9.17) is 9.47 Å². The third-order valence-corrected chi connectivity index (χ3v) is 21.2. The fourth-order valence-electron chi connectivity index (χ4n) is 15.3. The molecule has 0 saturated carbocycles. The number of imidazole rings is 2. The van der Waals surface area contributed by atoms with Gasteiger partial charge in [0.15, 0.2) is 0 Å². The van der Waals surface area contributed by atoms with Crippen LogP contribution in [0.25, 0.3) is 122 Å². The van der Waals surface area contributed by atoms with Gasteiger partial charge in [-0.25, -0.2) is 29.1 Å². The predicted molar refractivity (Wildman–Crippen MR) is 449 cm³/mol. The molecule has 2 fully saturated rings. The molecule has 8 heterocycles. The second-order valence-corrected chi connectivity index (χ2v) is 29.2. The highest BCUT2D eigenvalue weighted by Crippen LogP contribution is 2.35. The van der Waals surface area contributed by atoms with E-state index in [1.54, 1.807) is 55.6 Å². The van der Waals surface area contributed by atoms with E-state index in [2.05, 4.69) is 186 Å². The Labute approximate surface area is 668 Å². The molecule has 2 aliphatic rings.